The third kappa shape index (κ3) is 3.99. The zero-order chi connectivity index (χ0) is 18.0. The molecule has 0 saturated carbocycles. The summed E-state index contributed by atoms with van der Waals surface area (Å²) >= 11 is 0. The molecule has 25 heavy (non-hydrogen) atoms. The van der Waals surface area contributed by atoms with E-state index in [1.54, 1.807) is 0 Å². The minimum Gasteiger partial charge on any atom is -0.348 e. The van der Waals surface area contributed by atoms with Crippen LogP contribution in [0, 0.1) is 5.92 Å². The van der Waals surface area contributed by atoms with Crippen LogP contribution in [0.5, 0.6) is 0 Å². The molecular formula is C18H24N2O5. The first kappa shape index (κ1) is 17.8. The Morgan fingerprint density at radius 3 is 2.76 bits per heavy atom. The van der Waals surface area contributed by atoms with Gasteiger partial charge in [-0.3, -0.25) is 14.2 Å². The van der Waals surface area contributed by atoms with Crippen LogP contribution in [0.3, 0.4) is 0 Å². The van der Waals surface area contributed by atoms with Gasteiger partial charge < -0.3 is 9.47 Å². The Hall–Kier alpha value is -1.99. The Morgan fingerprint density at radius 2 is 2.12 bits per heavy atom. The second-order valence-electron chi connectivity index (χ2n) is 7.02. The minimum atomic E-state index is -0.612. The molecule has 1 unspecified atom stereocenters. The van der Waals surface area contributed by atoms with Gasteiger partial charge in [0.25, 0.3) is 5.56 Å². The van der Waals surface area contributed by atoms with Crippen LogP contribution < -0.4 is 11.2 Å². The SMILES string of the molecule is CC1(C)OC[C@H](CCn2ccc(=O)n(C(=O)C3CC=CCC3)c2=O)O1. The molecule has 1 aliphatic carbocycles. The van der Waals surface area contributed by atoms with Crippen molar-refractivity contribution >= 4 is 5.91 Å². The molecule has 0 radical (unpaired) electrons. The van der Waals surface area contributed by atoms with E-state index in [9.17, 15) is 14.4 Å². The number of aryl methyl sites for hydroxylation is 1. The molecule has 2 atom stereocenters. The molecule has 136 valence electrons. The molecule has 7 heteroatoms. The predicted molar refractivity (Wildman–Crippen MR) is 91.6 cm³/mol. The molecule has 0 aromatic carbocycles. The number of rotatable bonds is 4. The van der Waals surface area contributed by atoms with Crippen LogP contribution in [0.4, 0.5) is 0 Å². The van der Waals surface area contributed by atoms with Gasteiger partial charge in [0, 0.05) is 24.7 Å². The van der Waals surface area contributed by atoms with Crippen LogP contribution in [0.25, 0.3) is 0 Å². The van der Waals surface area contributed by atoms with Crippen molar-refractivity contribution in [2.75, 3.05) is 6.61 Å². The van der Waals surface area contributed by atoms with Crippen LogP contribution in [0.15, 0.2) is 34.0 Å². The van der Waals surface area contributed by atoms with Crippen molar-refractivity contribution in [3.05, 3.63) is 45.3 Å². The Bertz CT molecular complexity index is 789. The quantitative estimate of drug-likeness (QED) is 0.771. The highest BCUT2D eigenvalue weighted by Crippen LogP contribution is 2.24. The average Bonchev–Trinajstić information content (AvgIpc) is 2.94. The van der Waals surface area contributed by atoms with Crippen molar-refractivity contribution in [3.8, 4) is 0 Å². The van der Waals surface area contributed by atoms with Gasteiger partial charge in [0.1, 0.15) is 0 Å². The van der Waals surface area contributed by atoms with E-state index in [0.29, 0.717) is 32.4 Å². The molecule has 1 aromatic rings. The molecule has 0 amide bonds. The topological polar surface area (TPSA) is 79.5 Å². The van der Waals surface area contributed by atoms with Gasteiger partial charge in [-0.1, -0.05) is 12.2 Å². The molecular weight excluding hydrogens is 324 g/mol. The second-order valence-corrected chi connectivity index (χ2v) is 7.02. The van der Waals surface area contributed by atoms with Crippen molar-refractivity contribution in [2.45, 2.75) is 58.0 Å². The molecule has 1 saturated heterocycles. The summed E-state index contributed by atoms with van der Waals surface area (Å²) in [6.45, 7) is 4.52. The van der Waals surface area contributed by atoms with Gasteiger partial charge in [0.2, 0.25) is 5.91 Å². The molecule has 0 spiro atoms. The number of allylic oxidation sites excluding steroid dienone is 2. The lowest BCUT2D eigenvalue weighted by atomic mass is 9.93. The molecule has 1 aliphatic heterocycles. The molecule has 0 N–H and O–H groups in total. The summed E-state index contributed by atoms with van der Waals surface area (Å²) < 4.78 is 13.4. The molecule has 3 rings (SSSR count). The zero-order valence-corrected chi connectivity index (χ0v) is 14.6. The maximum atomic E-state index is 12.6. The third-order valence-corrected chi connectivity index (χ3v) is 4.65. The number of ether oxygens (including phenoxy) is 2. The van der Waals surface area contributed by atoms with Gasteiger partial charge in [0.15, 0.2) is 5.79 Å². The van der Waals surface area contributed by atoms with Crippen molar-refractivity contribution in [1.82, 2.24) is 9.13 Å². The fourth-order valence-corrected chi connectivity index (χ4v) is 3.28. The Labute approximate surface area is 145 Å². The Morgan fingerprint density at radius 1 is 1.32 bits per heavy atom. The second kappa shape index (κ2) is 7.09. The van der Waals surface area contributed by atoms with Gasteiger partial charge in [-0.2, -0.15) is 4.57 Å². The monoisotopic (exact) mass is 348 g/mol. The Balaban J connectivity index is 1.76. The van der Waals surface area contributed by atoms with Crippen molar-refractivity contribution < 1.29 is 14.3 Å². The first-order chi connectivity index (χ1) is 11.9. The number of nitrogens with zero attached hydrogens (tertiary/aromatic N) is 2. The van der Waals surface area contributed by atoms with E-state index in [2.05, 4.69) is 0 Å². The highest BCUT2D eigenvalue weighted by molar-refractivity contribution is 5.81. The standard InChI is InChI=1S/C18H24N2O5/c1-18(2)24-12-14(25-18)8-10-19-11-9-15(21)20(17(19)23)16(22)13-6-4-3-5-7-13/h3-4,9,11,13-14H,5-8,10,12H2,1-2H3/t13?,14-/m0/s1. The van der Waals surface area contributed by atoms with Crippen molar-refractivity contribution in [3.63, 3.8) is 0 Å². The van der Waals surface area contributed by atoms with Gasteiger partial charge in [0.05, 0.1) is 12.7 Å². The summed E-state index contributed by atoms with van der Waals surface area (Å²) in [6.07, 6.45) is 7.87. The van der Waals surface area contributed by atoms with Crippen LogP contribution in [-0.4, -0.2) is 33.5 Å². The predicted octanol–water partition coefficient (Wildman–Crippen LogP) is 1.55. The third-order valence-electron chi connectivity index (χ3n) is 4.65. The molecule has 1 aromatic heterocycles. The maximum absolute atomic E-state index is 12.6. The minimum absolute atomic E-state index is 0.110. The zero-order valence-electron chi connectivity index (χ0n) is 14.6. The van der Waals surface area contributed by atoms with Gasteiger partial charge in [-0.05, 0) is 39.5 Å². The first-order valence-corrected chi connectivity index (χ1v) is 8.71. The summed E-state index contributed by atoms with van der Waals surface area (Å²) in [5, 5.41) is 0. The smallest absolute Gasteiger partial charge is 0.337 e. The van der Waals surface area contributed by atoms with E-state index >= 15 is 0 Å². The number of carbonyl (C=O) groups excluding carboxylic acids is 1. The van der Waals surface area contributed by atoms with Crippen LogP contribution >= 0.6 is 0 Å². The Kier molecular flexibility index (Phi) is 5.06. The van der Waals surface area contributed by atoms with Crippen molar-refractivity contribution in [1.29, 1.82) is 0 Å². The maximum Gasteiger partial charge on any atom is 0.337 e. The first-order valence-electron chi connectivity index (χ1n) is 8.71. The number of hydrogen-bond acceptors (Lipinski definition) is 5. The van der Waals surface area contributed by atoms with Crippen LogP contribution in [0.2, 0.25) is 0 Å². The van der Waals surface area contributed by atoms with Crippen molar-refractivity contribution in [2.24, 2.45) is 5.92 Å². The molecule has 2 heterocycles. The number of carbonyl (C=O) groups is 1. The van der Waals surface area contributed by atoms with Crippen LogP contribution in [-0.2, 0) is 16.0 Å². The van der Waals surface area contributed by atoms with E-state index in [1.807, 2.05) is 26.0 Å². The van der Waals surface area contributed by atoms with E-state index in [-0.39, 0.29) is 12.0 Å². The highest BCUT2D eigenvalue weighted by atomic mass is 16.7. The van der Waals surface area contributed by atoms with E-state index < -0.39 is 22.9 Å². The number of aromatic nitrogens is 2. The fraction of sp³-hybridized carbons (Fsp3) is 0.611. The average molecular weight is 348 g/mol. The van der Waals surface area contributed by atoms with E-state index in [0.717, 1.165) is 11.0 Å². The summed E-state index contributed by atoms with van der Waals surface area (Å²) in [6, 6.07) is 1.27. The summed E-state index contributed by atoms with van der Waals surface area (Å²) in [4.78, 5) is 37.3. The van der Waals surface area contributed by atoms with Gasteiger partial charge in [-0.25, -0.2) is 4.79 Å². The lowest BCUT2D eigenvalue weighted by molar-refractivity contribution is -0.139. The summed E-state index contributed by atoms with van der Waals surface area (Å²) in [5.74, 6) is -1.33. The normalized spacial score (nSPS) is 25.2. The highest BCUT2D eigenvalue weighted by Gasteiger charge is 2.32. The summed E-state index contributed by atoms with van der Waals surface area (Å²) in [7, 11) is 0. The van der Waals surface area contributed by atoms with Gasteiger partial charge in [-0.15, -0.1) is 0 Å². The number of hydrogen-bond donors (Lipinski definition) is 0. The molecule has 0 bridgehead atoms. The molecule has 7 nitrogen and oxygen atoms in total. The largest absolute Gasteiger partial charge is 0.348 e. The van der Waals surface area contributed by atoms with Gasteiger partial charge >= 0.3 is 5.69 Å². The van der Waals surface area contributed by atoms with E-state index in [1.165, 1.54) is 16.8 Å². The van der Waals surface area contributed by atoms with Crippen LogP contribution in [0.1, 0.15) is 44.3 Å². The fourth-order valence-electron chi connectivity index (χ4n) is 3.28. The molecule has 1 fully saturated rings. The lowest BCUT2D eigenvalue weighted by Crippen LogP contribution is -2.45. The molecule has 2 aliphatic rings. The lowest BCUT2D eigenvalue weighted by Gasteiger charge is -2.18. The summed E-state index contributed by atoms with van der Waals surface area (Å²) in [5.41, 5.74) is -1.15. The van der Waals surface area contributed by atoms with E-state index in [4.69, 9.17) is 9.47 Å².